The number of halogens is 2. The van der Waals surface area contributed by atoms with Crippen molar-refractivity contribution in [2.24, 2.45) is 0 Å². The van der Waals surface area contributed by atoms with Crippen LogP contribution in [0.15, 0.2) is 85.5 Å². The minimum absolute atomic E-state index is 0.229. The summed E-state index contributed by atoms with van der Waals surface area (Å²) in [6, 6.07) is 20.6. The third-order valence-electron chi connectivity index (χ3n) is 5.40. The number of rotatable bonds is 4. The summed E-state index contributed by atoms with van der Waals surface area (Å²) in [4.78, 5) is 22.2. The summed E-state index contributed by atoms with van der Waals surface area (Å²) in [5.74, 6) is -0.393. The van der Waals surface area contributed by atoms with Crippen molar-refractivity contribution < 1.29 is 4.79 Å². The van der Waals surface area contributed by atoms with E-state index in [-0.39, 0.29) is 15.6 Å². The van der Waals surface area contributed by atoms with Crippen LogP contribution in [0.5, 0.6) is 0 Å². The minimum Gasteiger partial charge on any atom is -0.320 e. The summed E-state index contributed by atoms with van der Waals surface area (Å²) in [6.07, 6.45) is 5.57. The first kappa shape index (κ1) is 21.2. The molecule has 0 spiro atoms. The van der Waals surface area contributed by atoms with Gasteiger partial charge >= 0.3 is 0 Å². The van der Waals surface area contributed by atoms with E-state index >= 15 is 0 Å². The summed E-state index contributed by atoms with van der Waals surface area (Å²) >= 11 is 12.4. The van der Waals surface area contributed by atoms with Gasteiger partial charge in [0.15, 0.2) is 0 Å². The number of aromatic nitrogens is 3. The van der Waals surface area contributed by atoms with Gasteiger partial charge < -0.3 is 9.88 Å². The molecule has 0 radical (unpaired) electrons. The summed E-state index contributed by atoms with van der Waals surface area (Å²) in [5.41, 5.74) is 5.29. The van der Waals surface area contributed by atoms with Gasteiger partial charge in [0.2, 0.25) is 0 Å². The molecule has 5 rings (SSSR count). The molecule has 0 aliphatic carbocycles. The van der Waals surface area contributed by atoms with Gasteiger partial charge in [0.1, 0.15) is 0 Å². The van der Waals surface area contributed by atoms with E-state index in [1.165, 1.54) is 0 Å². The quantitative estimate of drug-likeness (QED) is 0.307. The van der Waals surface area contributed by atoms with Gasteiger partial charge in [-0.25, -0.2) is 4.98 Å². The van der Waals surface area contributed by atoms with Crippen molar-refractivity contribution in [1.29, 1.82) is 0 Å². The lowest BCUT2D eigenvalue weighted by molar-refractivity contribution is 0.102. The first-order chi connectivity index (χ1) is 16.0. The first-order valence-electron chi connectivity index (χ1n) is 10.3. The monoisotopic (exact) mass is 472 g/mol. The molecule has 1 amide bonds. The van der Waals surface area contributed by atoms with Crippen LogP contribution in [0.25, 0.3) is 27.8 Å². The van der Waals surface area contributed by atoms with Crippen LogP contribution >= 0.6 is 23.2 Å². The van der Waals surface area contributed by atoms with Crippen LogP contribution in [0, 0.1) is 6.92 Å². The van der Waals surface area contributed by atoms with Gasteiger partial charge in [-0.1, -0.05) is 71.7 Å². The number of nitrogens with one attached hydrogen (secondary N) is 1. The number of pyridine rings is 1. The Morgan fingerprint density at radius 1 is 0.909 bits per heavy atom. The van der Waals surface area contributed by atoms with E-state index in [4.69, 9.17) is 23.2 Å². The van der Waals surface area contributed by atoms with Crippen LogP contribution in [-0.4, -0.2) is 20.4 Å². The van der Waals surface area contributed by atoms with Crippen molar-refractivity contribution in [3.05, 3.63) is 107 Å². The molecule has 1 N–H and O–H groups in total. The number of aryl methyl sites for hydroxylation is 1. The van der Waals surface area contributed by atoms with Gasteiger partial charge in [-0.05, 0) is 30.7 Å². The number of carbonyl (C=O) groups is 1. The van der Waals surface area contributed by atoms with Gasteiger partial charge in [0.05, 0.1) is 44.5 Å². The maximum Gasteiger partial charge on any atom is 0.258 e. The second kappa shape index (κ2) is 8.70. The highest BCUT2D eigenvalue weighted by Gasteiger charge is 2.18. The summed E-state index contributed by atoms with van der Waals surface area (Å²) in [6.45, 7) is 2.00. The molecular formula is C26H18Cl2N4O. The lowest BCUT2D eigenvalue weighted by Crippen LogP contribution is -2.14. The first-order valence-corrected chi connectivity index (χ1v) is 11.0. The van der Waals surface area contributed by atoms with Crippen LogP contribution in [0.1, 0.15) is 15.9 Å². The fourth-order valence-electron chi connectivity index (χ4n) is 3.85. The number of hydrogen-bond donors (Lipinski definition) is 1. The Morgan fingerprint density at radius 3 is 2.39 bits per heavy atom. The number of carbonyl (C=O) groups excluding carboxylic acids is 1. The zero-order chi connectivity index (χ0) is 22.9. The maximum atomic E-state index is 13.0. The number of para-hydroxylation sites is 1. The van der Waals surface area contributed by atoms with Gasteiger partial charge in [-0.2, -0.15) is 0 Å². The molecule has 0 bridgehead atoms. The van der Waals surface area contributed by atoms with Crippen molar-refractivity contribution in [3.8, 4) is 16.9 Å². The molecule has 5 aromatic rings. The van der Waals surface area contributed by atoms with Crippen LogP contribution < -0.4 is 5.32 Å². The van der Waals surface area contributed by atoms with E-state index < -0.39 is 5.91 Å². The van der Waals surface area contributed by atoms with Crippen molar-refractivity contribution in [2.45, 2.75) is 6.92 Å². The predicted molar refractivity (Wildman–Crippen MR) is 133 cm³/mol. The molecule has 2 aromatic heterocycles. The van der Waals surface area contributed by atoms with E-state index in [9.17, 15) is 4.79 Å². The predicted octanol–water partition coefficient (Wildman–Crippen LogP) is 6.96. The van der Waals surface area contributed by atoms with E-state index in [2.05, 4.69) is 15.3 Å². The number of anilines is 1. The molecule has 0 atom stereocenters. The van der Waals surface area contributed by atoms with E-state index in [1.54, 1.807) is 36.8 Å². The average Bonchev–Trinajstić information content (AvgIpc) is 3.29. The average molecular weight is 473 g/mol. The number of imidazole rings is 1. The number of amides is 1. The largest absolute Gasteiger partial charge is 0.320 e. The number of fused-ring (bicyclic) bond motifs is 1. The normalized spacial score (nSPS) is 11.0. The molecule has 0 fully saturated rings. The zero-order valence-corrected chi connectivity index (χ0v) is 19.1. The molecule has 0 aliphatic heterocycles. The third kappa shape index (κ3) is 3.97. The Labute approximate surface area is 200 Å². The minimum atomic E-state index is -0.393. The Kier molecular flexibility index (Phi) is 5.58. The molecule has 0 aliphatic rings. The highest BCUT2D eigenvalue weighted by Crippen LogP contribution is 2.31. The molecule has 7 heteroatoms. The zero-order valence-electron chi connectivity index (χ0n) is 17.6. The number of nitrogens with zero attached hydrogens (tertiary/aromatic N) is 3. The topological polar surface area (TPSA) is 59.8 Å². The lowest BCUT2D eigenvalue weighted by Gasteiger charge is -2.14. The summed E-state index contributed by atoms with van der Waals surface area (Å²) in [5, 5.41) is 4.38. The number of benzene rings is 3. The van der Waals surface area contributed by atoms with E-state index in [0.29, 0.717) is 11.2 Å². The molecule has 162 valence electrons. The Hall–Kier alpha value is -3.67. The maximum absolute atomic E-state index is 13.0. The van der Waals surface area contributed by atoms with Gasteiger partial charge in [-0.15, -0.1) is 0 Å². The van der Waals surface area contributed by atoms with Crippen LogP contribution in [0.2, 0.25) is 10.0 Å². The molecule has 0 unspecified atom stereocenters. The smallest absolute Gasteiger partial charge is 0.258 e. The van der Waals surface area contributed by atoms with Crippen LogP contribution in [0.4, 0.5) is 5.69 Å². The van der Waals surface area contributed by atoms with E-state index in [1.807, 2.05) is 60.2 Å². The lowest BCUT2D eigenvalue weighted by atomic mass is 10.1. The van der Waals surface area contributed by atoms with Crippen molar-refractivity contribution in [1.82, 2.24) is 14.5 Å². The molecule has 3 aromatic carbocycles. The van der Waals surface area contributed by atoms with Crippen LogP contribution in [0.3, 0.4) is 0 Å². The third-order valence-corrected chi connectivity index (χ3v) is 6.03. The number of hydrogen-bond acceptors (Lipinski definition) is 3. The highest BCUT2D eigenvalue weighted by molar-refractivity contribution is 6.40. The van der Waals surface area contributed by atoms with Gasteiger partial charge in [0, 0.05) is 23.3 Å². The second-order valence-electron chi connectivity index (χ2n) is 7.57. The molecule has 0 saturated carbocycles. The summed E-state index contributed by atoms with van der Waals surface area (Å²) in [7, 11) is 0. The van der Waals surface area contributed by atoms with Crippen LogP contribution in [-0.2, 0) is 0 Å². The Balaban J connectivity index is 1.58. The molecule has 33 heavy (non-hydrogen) atoms. The highest BCUT2D eigenvalue weighted by atomic mass is 35.5. The van der Waals surface area contributed by atoms with Crippen molar-refractivity contribution in [2.75, 3.05) is 5.32 Å². The van der Waals surface area contributed by atoms with Crippen molar-refractivity contribution >= 4 is 45.7 Å². The fourth-order valence-corrected chi connectivity index (χ4v) is 4.42. The van der Waals surface area contributed by atoms with E-state index in [0.717, 1.165) is 27.9 Å². The second-order valence-corrected chi connectivity index (χ2v) is 8.39. The molecular weight excluding hydrogens is 455 g/mol. The fraction of sp³-hybridized carbons (Fsp3) is 0.0385. The Bertz CT molecular complexity index is 1480. The Morgan fingerprint density at radius 2 is 1.64 bits per heavy atom. The van der Waals surface area contributed by atoms with Gasteiger partial charge in [-0.3, -0.25) is 9.78 Å². The SMILES string of the molecule is Cc1cnc2c(NC(=O)c3c(Cl)cccc3Cl)cccc2c1-n1cnc(-c2ccccc2)c1. The molecule has 2 heterocycles. The standard InChI is InChI=1S/C26H18Cl2N4O/c1-16-13-29-24-18(25(16)32-14-22(30-15-32)17-7-3-2-4-8-17)9-5-12-21(24)31-26(33)23-19(27)10-6-11-20(23)28/h2-15H,1H3,(H,31,33). The molecule has 0 saturated heterocycles. The van der Waals surface area contributed by atoms with Crippen molar-refractivity contribution in [3.63, 3.8) is 0 Å². The summed E-state index contributed by atoms with van der Waals surface area (Å²) < 4.78 is 1.98. The van der Waals surface area contributed by atoms with Gasteiger partial charge in [0.25, 0.3) is 5.91 Å². The molecule has 5 nitrogen and oxygen atoms in total.